The van der Waals surface area contributed by atoms with Crippen LogP contribution in [0.2, 0.25) is 0 Å². The van der Waals surface area contributed by atoms with Crippen LogP contribution in [0.5, 0.6) is 0 Å². The number of nitrogens with zero attached hydrogens (tertiary/aromatic N) is 2. The number of aromatic nitrogens is 1. The van der Waals surface area contributed by atoms with Crippen LogP contribution in [-0.4, -0.2) is 35.4 Å². The van der Waals surface area contributed by atoms with E-state index in [1.807, 2.05) is 12.4 Å². The second-order valence-electron chi connectivity index (χ2n) is 4.13. The van der Waals surface area contributed by atoms with Gasteiger partial charge in [-0.3, -0.25) is 4.98 Å². The summed E-state index contributed by atoms with van der Waals surface area (Å²) >= 11 is 3.50. The number of likely N-dealkylation sites (N-methyl/N-ethyl adjacent to an activating group) is 1. The van der Waals surface area contributed by atoms with E-state index in [1.54, 1.807) is 0 Å². The van der Waals surface area contributed by atoms with Gasteiger partial charge in [0.1, 0.15) is 0 Å². The molecule has 0 saturated heterocycles. The average Bonchev–Trinajstić information content (AvgIpc) is 2.27. The summed E-state index contributed by atoms with van der Waals surface area (Å²) in [6.07, 6.45) is 4.82. The molecule has 0 amide bonds. The molecule has 0 bridgehead atoms. The fraction of sp³-hybridized carbons (Fsp3) is 0.583. The van der Waals surface area contributed by atoms with E-state index in [0.29, 0.717) is 5.92 Å². The number of halogens is 1. The molecule has 1 aromatic rings. The first-order valence-electron chi connectivity index (χ1n) is 5.35. The molecule has 15 heavy (non-hydrogen) atoms. The van der Waals surface area contributed by atoms with Gasteiger partial charge in [0.15, 0.2) is 0 Å². The van der Waals surface area contributed by atoms with Crippen molar-refractivity contribution in [2.45, 2.75) is 13.3 Å². The summed E-state index contributed by atoms with van der Waals surface area (Å²) in [5.41, 5.74) is 1.36. The van der Waals surface area contributed by atoms with Crippen LogP contribution in [0.15, 0.2) is 24.5 Å². The Bertz CT molecular complexity index is 264. The van der Waals surface area contributed by atoms with Crippen LogP contribution in [0.25, 0.3) is 0 Å². The Morgan fingerprint density at radius 3 is 2.67 bits per heavy atom. The highest BCUT2D eigenvalue weighted by Crippen LogP contribution is 2.04. The summed E-state index contributed by atoms with van der Waals surface area (Å²) in [4.78, 5) is 6.40. The van der Waals surface area contributed by atoms with E-state index < -0.39 is 0 Å². The van der Waals surface area contributed by atoms with Gasteiger partial charge >= 0.3 is 0 Å². The maximum atomic E-state index is 4.01. The lowest BCUT2D eigenvalue weighted by Gasteiger charge is -2.19. The normalized spacial score (nSPS) is 13.1. The molecule has 1 rings (SSSR count). The molecular formula is C12H19BrN2. The maximum absolute atomic E-state index is 4.01. The van der Waals surface area contributed by atoms with E-state index in [9.17, 15) is 0 Å². The highest BCUT2D eigenvalue weighted by molar-refractivity contribution is 9.09. The minimum atomic E-state index is 0.715. The zero-order valence-electron chi connectivity index (χ0n) is 9.49. The fourth-order valence-electron chi connectivity index (χ4n) is 1.54. The minimum absolute atomic E-state index is 0.715. The number of hydrogen-bond donors (Lipinski definition) is 0. The van der Waals surface area contributed by atoms with Gasteiger partial charge in [-0.15, -0.1) is 0 Å². The first-order valence-corrected chi connectivity index (χ1v) is 6.48. The Balaban J connectivity index is 2.25. The van der Waals surface area contributed by atoms with Crippen molar-refractivity contribution in [2.75, 3.05) is 25.5 Å². The lowest BCUT2D eigenvalue weighted by Crippen LogP contribution is -2.27. The molecule has 3 heteroatoms. The zero-order chi connectivity index (χ0) is 11.1. The van der Waals surface area contributed by atoms with Crippen LogP contribution < -0.4 is 0 Å². The van der Waals surface area contributed by atoms with Gasteiger partial charge in [-0.05, 0) is 37.1 Å². The lowest BCUT2D eigenvalue weighted by molar-refractivity contribution is 0.302. The van der Waals surface area contributed by atoms with Gasteiger partial charge in [0.05, 0.1) is 0 Å². The molecule has 0 fully saturated rings. The molecule has 0 spiro atoms. The van der Waals surface area contributed by atoms with Crippen LogP contribution in [0.3, 0.4) is 0 Å². The highest BCUT2D eigenvalue weighted by Gasteiger charge is 2.04. The highest BCUT2D eigenvalue weighted by atomic mass is 79.9. The second-order valence-corrected chi connectivity index (χ2v) is 4.77. The van der Waals surface area contributed by atoms with Crippen molar-refractivity contribution in [3.8, 4) is 0 Å². The third-order valence-corrected chi connectivity index (χ3v) is 3.52. The van der Waals surface area contributed by atoms with Crippen molar-refractivity contribution in [1.82, 2.24) is 9.88 Å². The molecule has 1 heterocycles. The molecule has 0 radical (unpaired) electrons. The third-order valence-electron chi connectivity index (χ3n) is 2.42. The number of alkyl halides is 1. The molecule has 0 aromatic carbocycles. The molecule has 0 N–H and O–H groups in total. The molecule has 1 aromatic heterocycles. The van der Waals surface area contributed by atoms with Crippen molar-refractivity contribution in [1.29, 1.82) is 0 Å². The third kappa shape index (κ3) is 5.28. The Kier molecular flexibility index (Phi) is 5.88. The molecule has 0 aliphatic carbocycles. The molecule has 1 atom stereocenters. The molecule has 0 aliphatic rings. The van der Waals surface area contributed by atoms with Crippen molar-refractivity contribution in [3.63, 3.8) is 0 Å². The van der Waals surface area contributed by atoms with Gasteiger partial charge in [0, 0.05) is 30.8 Å². The predicted molar refractivity (Wildman–Crippen MR) is 68.4 cm³/mol. The Hall–Kier alpha value is -0.410. The first-order chi connectivity index (χ1) is 7.22. The van der Waals surface area contributed by atoms with E-state index in [2.05, 4.69) is 51.9 Å². The van der Waals surface area contributed by atoms with E-state index in [1.165, 1.54) is 5.56 Å². The number of hydrogen-bond acceptors (Lipinski definition) is 2. The van der Waals surface area contributed by atoms with Crippen molar-refractivity contribution in [2.24, 2.45) is 5.92 Å². The predicted octanol–water partition coefficient (Wildman–Crippen LogP) is 2.59. The lowest BCUT2D eigenvalue weighted by atomic mass is 10.1. The fourth-order valence-corrected chi connectivity index (χ4v) is 1.75. The summed E-state index contributed by atoms with van der Waals surface area (Å²) < 4.78 is 0. The van der Waals surface area contributed by atoms with Gasteiger partial charge in [-0.25, -0.2) is 0 Å². The van der Waals surface area contributed by atoms with Crippen molar-refractivity contribution in [3.05, 3.63) is 30.1 Å². The molecule has 84 valence electrons. The van der Waals surface area contributed by atoms with Crippen molar-refractivity contribution >= 4 is 15.9 Å². The zero-order valence-corrected chi connectivity index (χ0v) is 11.1. The summed E-state index contributed by atoms with van der Waals surface area (Å²) in [7, 11) is 2.18. The topological polar surface area (TPSA) is 16.1 Å². The van der Waals surface area contributed by atoms with Gasteiger partial charge in [0.25, 0.3) is 0 Å². The van der Waals surface area contributed by atoms with E-state index >= 15 is 0 Å². The summed E-state index contributed by atoms with van der Waals surface area (Å²) in [5, 5.41) is 1.08. The first kappa shape index (κ1) is 12.7. The van der Waals surface area contributed by atoms with Crippen LogP contribution in [0, 0.1) is 5.92 Å². The quantitative estimate of drug-likeness (QED) is 0.739. The van der Waals surface area contributed by atoms with Gasteiger partial charge in [-0.1, -0.05) is 22.9 Å². The van der Waals surface area contributed by atoms with E-state index in [0.717, 1.165) is 24.8 Å². The van der Waals surface area contributed by atoms with E-state index in [4.69, 9.17) is 0 Å². The molecule has 0 saturated carbocycles. The molecular weight excluding hydrogens is 252 g/mol. The van der Waals surface area contributed by atoms with Crippen LogP contribution >= 0.6 is 15.9 Å². The maximum Gasteiger partial charge on any atom is 0.0270 e. The Labute approximate surface area is 101 Å². The number of pyridine rings is 1. The number of rotatable bonds is 6. The van der Waals surface area contributed by atoms with E-state index in [-0.39, 0.29) is 0 Å². The van der Waals surface area contributed by atoms with Crippen LogP contribution in [-0.2, 0) is 6.42 Å². The summed E-state index contributed by atoms with van der Waals surface area (Å²) in [6.45, 7) is 4.52. The molecule has 2 nitrogen and oxygen atoms in total. The monoisotopic (exact) mass is 270 g/mol. The smallest absolute Gasteiger partial charge is 0.0270 e. The van der Waals surface area contributed by atoms with Crippen molar-refractivity contribution < 1.29 is 0 Å². The molecule has 1 unspecified atom stereocenters. The minimum Gasteiger partial charge on any atom is -0.306 e. The summed E-state index contributed by atoms with van der Waals surface area (Å²) in [6, 6.07) is 4.17. The van der Waals surface area contributed by atoms with Crippen LogP contribution in [0.4, 0.5) is 0 Å². The Morgan fingerprint density at radius 2 is 2.07 bits per heavy atom. The molecule has 0 aliphatic heterocycles. The van der Waals surface area contributed by atoms with Gasteiger partial charge in [0.2, 0.25) is 0 Å². The Morgan fingerprint density at radius 1 is 1.40 bits per heavy atom. The van der Waals surface area contributed by atoms with Gasteiger partial charge < -0.3 is 4.90 Å². The van der Waals surface area contributed by atoms with Gasteiger partial charge in [-0.2, -0.15) is 0 Å². The summed E-state index contributed by atoms with van der Waals surface area (Å²) in [5.74, 6) is 0.715. The SMILES string of the molecule is CC(CBr)CN(C)CCc1ccncc1. The second kappa shape index (κ2) is 6.96. The van der Waals surface area contributed by atoms with Crippen LogP contribution in [0.1, 0.15) is 12.5 Å². The average molecular weight is 271 g/mol. The standard InChI is InChI=1S/C12H19BrN2/c1-11(9-13)10-15(2)8-5-12-3-6-14-7-4-12/h3-4,6-7,11H,5,8-10H2,1-2H3. The largest absolute Gasteiger partial charge is 0.306 e.